The Labute approximate surface area is 156 Å². The van der Waals surface area contributed by atoms with Crippen molar-refractivity contribution in [2.24, 2.45) is 4.99 Å². The lowest BCUT2D eigenvalue weighted by Gasteiger charge is -2.14. The average molecular weight is 373 g/mol. The predicted octanol–water partition coefficient (Wildman–Crippen LogP) is 4.70. The molecule has 1 aliphatic heterocycles. The zero-order chi connectivity index (χ0) is 18.7. The highest BCUT2D eigenvalue weighted by Gasteiger charge is 2.28. The van der Waals surface area contributed by atoms with Gasteiger partial charge in [-0.3, -0.25) is 4.79 Å². The van der Waals surface area contributed by atoms with E-state index in [9.17, 15) is 9.18 Å². The van der Waals surface area contributed by atoms with Gasteiger partial charge in [-0.1, -0.05) is 35.9 Å². The number of fused-ring (bicyclic) bond motifs is 1. The number of hydrogen-bond donors (Lipinski definition) is 3. The van der Waals surface area contributed by atoms with E-state index >= 15 is 0 Å². The largest absolute Gasteiger partial charge is 0.360 e. The van der Waals surface area contributed by atoms with Gasteiger partial charge in [0.25, 0.3) is 5.91 Å². The first-order chi connectivity index (χ1) is 12.5. The van der Waals surface area contributed by atoms with Gasteiger partial charge in [-0.25, -0.2) is 9.38 Å². The molecule has 7 heteroatoms. The number of para-hydroxylation sites is 1. The number of anilines is 2. The smallest absolute Gasteiger partial charge is 0.258 e. The Hall–Kier alpha value is -2.86. The van der Waals surface area contributed by atoms with Gasteiger partial charge in [-0.2, -0.15) is 0 Å². The van der Waals surface area contributed by atoms with Gasteiger partial charge in [0.05, 0.1) is 22.0 Å². The van der Waals surface area contributed by atoms with Gasteiger partial charge < -0.3 is 16.0 Å². The first kappa shape index (κ1) is 17.9. The van der Waals surface area contributed by atoms with Gasteiger partial charge in [-0.15, -0.1) is 0 Å². The Morgan fingerprint density at radius 3 is 2.81 bits per heavy atom. The monoisotopic (exact) mass is 372 g/mol. The minimum absolute atomic E-state index is 0.0517. The molecule has 1 heterocycles. The molecular weight excluding hydrogens is 355 g/mol. The number of amides is 1. The normalized spacial score (nSPS) is 16.2. The summed E-state index contributed by atoms with van der Waals surface area (Å²) in [5.41, 5.74) is 2.14. The molecule has 0 aromatic heterocycles. The van der Waals surface area contributed by atoms with Crippen LogP contribution in [0.1, 0.15) is 35.9 Å². The number of rotatable bonds is 3. The van der Waals surface area contributed by atoms with Crippen LogP contribution in [0.5, 0.6) is 0 Å². The van der Waals surface area contributed by atoms with Crippen molar-refractivity contribution in [2.75, 3.05) is 10.6 Å². The van der Waals surface area contributed by atoms with Gasteiger partial charge in [0.15, 0.2) is 0 Å². The third-order valence-corrected chi connectivity index (χ3v) is 4.19. The first-order valence-electron chi connectivity index (χ1n) is 8.08. The molecule has 0 saturated heterocycles. The first-order valence-corrected chi connectivity index (χ1v) is 8.46. The second-order valence-electron chi connectivity index (χ2n) is 5.74. The highest BCUT2D eigenvalue weighted by Crippen LogP contribution is 2.39. The molecule has 0 bridgehead atoms. The average Bonchev–Trinajstić information content (AvgIpc) is 3.06. The summed E-state index contributed by atoms with van der Waals surface area (Å²) in [4.78, 5) is 16.7. The quantitative estimate of drug-likeness (QED) is 0.540. The number of carbonyl (C=O) groups is 1. The molecule has 134 valence electrons. The van der Waals surface area contributed by atoms with Crippen molar-refractivity contribution in [1.82, 2.24) is 5.32 Å². The molecule has 26 heavy (non-hydrogen) atoms. The summed E-state index contributed by atoms with van der Waals surface area (Å²) in [6.45, 7) is 3.55. The molecule has 0 saturated carbocycles. The fourth-order valence-electron chi connectivity index (χ4n) is 2.70. The van der Waals surface area contributed by atoms with Gasteiger partial charge in [-0.05, 0) is 32.0 Å². The molecule has 3 N–H and O–H groups in total. The van der Waals surface area contributed by atoms with Crippen LogP contribution in [0.4, 0.5) is 15.8 Å². The summed E-state index contributed by atoms with van der Waals surface area (Å²) in [7, 11) is 0. The van der Waals surface area contributed by atoms with Gasteiger partial charge in [0.1, 0.15) is 17.8 Å². The Balaban J connectivity index is 1.86. The molecule has 0 radical (unpaired) electrons. The number of carbonyl (C=O) groups excluding carboxylic acids is 1. The van der Waals surface area contributed by atoms with Crippen LogP contribution in [-0.2, 0) is 0 Å². The van der Waals surface area contributed by atoms with Crippen LogP contribution in [0.3, 0.4) is 0 Å². The summed E-state index contributed by atoms with van der Waals surface area (Å²) in [5, 5.41) is 9.12. The topological polar surface area (TPSA) is 65.5 Å². The van der Waals surface area contributed by atoms with Crippen LogP contribution < -0.4 is 16.0 Å². The molecule has 1 atom stereocenters. The SMILES string of the molecule is C/C=C\N=C(C)NC(=O)c1cccc2c1NC(c1cccc(Cl)c1F)N2. The maximum atomic E-state index is 14.3. The zero-order valence-electron chi connectivity index (χ0n) is 14.3. The number of aliphatic imine (C=N–C) groups is 1. The van der Waals surface area contributed by atoms with Crippen LogP contribution in [-0.4, -0.2) is 11.7 Å². The maximum absolute atomic E-state index is 14.3. The molecule has 2 aromatic rings. The summed E-state index contributed by atoms with van der Waals surface area (Å²) in [6, 6.07) is 10.1. The van der Waals surface area contributed by atoms with E-state index in [0.29, 0.717) is 28.3 Å². The fraction of sp³-hybridized carbons (Fsp3) is 0.158. The van der Waals surface area contributed by atoms with Crippen molar-refractivity contribution in [3.05, 3.63) is 70.6 Å². The molecule has 2 aromatic carbocycles. The number of benzene rings is 2. The van der Waals surface area contributed by atoms with Crippen molar-refractivity contribution in [1.29, 1.82) is 0 Å². The third-order valence-electron chi connectivity index (χ3n) is 3.90. The second-order valence-corrected chi connectivity index (χ2v) is 6.15. The van der Waals surface area contributed by atoms with Crippen molar-refractivity contribution in [3.8, 4) is 0 Å². The minimum atomic E-state index is -0.518. The number of allylic oxidation sites excluding steroid dienone is 1. The number of nitrogens with zero attached hydrogens (tertiary/aromatic N) is 1. The lowest BCUT2D eigenvalue weighted by molar-refractivity contribution is 0.0977. The zero-order valence-corrected chi connectivity index (χ0v) is 15.1. The lowest BCUT2D eigenvalue weighted by Crippen LogP contribution is -2.28. The van der Waals surface area contributed by atoms with Gasteiger partial charge >= 0.3 is 0 Å². The maximum Gasteiger partial charge on any atom is 0.258 e. The predicted molar refractivity (Wildman–Crippen MR) is 103 cm³/mol. The molecule has 0 fully saturated rings. The summed E-state index contributed by atoms with van der Waals surface area (Å²) >= 11 is 5.87. The van der Waals surface area contributed by atoms with Crippen LogP contribution in [0.2, 0.25) is 5.02 Å². The van der Waals surface area contributed by atoms with E-state index in [1.807, 2.05) is 13.0 Å². The third kappa shape index (κ3) is 3.55. The lowest BCUT2D eigenvalue weighted by atomic mass is 10.1. The highest BCUT2D eigenvalue weighted by molar-refractivity contribution is 6.30. The molecule has 0 aliphatic carbocycles. The number of hydrogen-bond acceptors (Lipinski definition) is 4. The fourth-order valence-corrected chi connectivity index (χ4v) is 2.88. The Kier molecular flexibility index (Phi) is 5.23. The van der Waals surface area contributed by atoms with Crippen LogP contribution in [0, 0.1) is 5.82 Å². The second kappa shape index (κ2) is 7.58. The molecule has 1 unspecified atom stereocenters. The number of halogens is 2. The summed E-state index contributed by atoms with van der Waals surface area (Å²) in [6.07, 6.45) is 2.85. The van der Waals surface area contributed by atoms with Crippen molar-refractivity contribution < 1.29 is 9.18 Å². The molecule has 1 amide bonds. The van der Waals surface area contributed by atoms with E-state index in [1.165, 1.54) is 6.07 Å². The molecule has 1 aliphatic rings. The van der Waals surface area contributed by atoms with E-state index in [1.54, 1.807) is 43.5 Å². The molecule has 0 spiro atoms. The van der Waals surface area contributed by atoms with Crippen LogP contribution in [0.15, 0.2) is 53.7 Å². The van der Waals surface area contributed by atoms with E-state index in [-0.39, 0.29) is 10.9 Å². The Bertz CT molecular complexity index is 910. The van der Waals surface area contributed by atoms with Crippen LogP contribution in [0.25, 0.3) is 0 Å². The van der Waals surface area contributed by atoms with E-state index in [2.05, 4.69) is 20.9 Å². The van der Waals surface area contributed by atoms with Crippen molar-refractivity contribution in [3.63, 3.8) is 0 Å². The summed E-state index contributed by atoms with van der Waals surface area (Å²) in [5.74, 6) is -0.310. The van der Waals surface area contributed by atoms with Crippen molar-refractivity contribution >= 4 is 34.7 Å². The Morgan fingerprint density at radius 1 is 1.27 bits per heavy atom. The van der Waals surface area contributed by atoms with E-state index < -0.39 is 12.0 Å². The van der Waals surface area contributed by atoms with Crippen LogP contribution >= 0.6 is 11.6 Å². The minimum Gasteiger partial charge on any atom is -0.360 e. The van der Waals surface area contributed by atoms with Gasteiger partial charge in [0, 0.05) is 11.8 Å². The van der Waals surface area contributed by atoms with E-state index in [4.69, 9.17) is 11.6 Å². The van der Waals surface area contributed by atoms with Crippen molar-refractivity contribution in [2.45, 2.75) is 20.0 Å². The number of nitrogens with one attached hydrogen (secondary N) is 3. The number of amidine groups is 1. The molecule has 5 nitrogen and oxygen atoms in total. The standard InChI is InChI=1S/C19H18ClFN4O/c1-3-10-22-11(2)23-19(26)13-7-5-9-15-17(13)25-18(24-15)12-6-4-8-14(20)16(12)21/h3-10,18,24-25H,1-2H3,(H,22,23,26)/b10-3-. The van der Waals surface area contributed by atoms with E-state index in [0.717, 1.165) is 0 Å². The molecular formula is C19H18ClFN4O. The Morgan fingerprint density at radius 2 is 2.04 bits per heavy atom. The summed E-state index contributed by atoms with van der Waals surface area (Å²) < 4.78 is 14.3. The van der Waals surface area contributed by atoms with Gasteiger partial charge in [0.2, 0.25) is 0 Å². The molecule has 3 rings (SSSR count). The highest BCUT2D eigenvalue weighted by atomic mass is 35.5.